The first-order chi connectivity index (χ1) is 8.79. The van der Waals surface area contributed by atoms with Crippen molar-refractivity contribution in [3.8, 4) is 0 Å². The van der Waals surface area contributed by atoms with Crippen molar-refractivity contribution >= 4 is 11.5 Å². The number of aromatic nitrogens is 2. The van der Waals surface area contributed by atoms with Gasteiger partial charge >= 0.3 is 0 Å². The minimum atomic E-state index is -0.0700. The fourth-order valence-electron chi connectivity index (χ4n) is 2.47. The fraction of sp³-hybridized carbons (Fsp3) is 0.286. The first-order valence-electron chi connectivity index (χ1n) is 6.08. The van der Waals surface area contributed by atoms with Gasteiger partial charge in [0.1, 0.15) is 0 Å². The van der Waals surface area contributed by atoms with Gasteiger partial charge in [0.05, 0.1) is 24.7 Å². The average molecular weight is 241 g/mol. The molecule has 1 aromatic heterocycles. The lowest BCUT2D eigenvalue weighted by molar-refractivity contribution is 0.276. The Morgan fingerprint density at radius 3 is 2.83 bits per heavy atom. The summed E-state index contributed by atoms with van der Waals surface area (Å²) < 4.78 is 0. The van der Waals surface area contributed by atoms with Crippen molar-refractivity contribution in [2.45, 2.75) is 26.0 Å². The summed E-state index contributed by atoms with van der Waals surface area (Å²) in [6, 6.07) is 8.76. The number of fused-ring (bicyclic) bond motifs is 1. The van der Waals surface area contributed by atoms with Gasteiger partial charge in [-0.2, -0.15) is 0 Å². The van der Waals surface area contributed by atoms with Crippen LogP contribution in [0.2, 0.25) is 0 Å². The summed E-state index contributed by atoms with van der Waals surface area (Å²) in [4.78, 5) is 10.8. The highest BCUT2D eigenvalue weighted by atomic mass is 16.3. The molecule has 2 heterocycles. The minimum absolute atomic E-state index is 0.0700. The number of anilines is 2. The van der Waals surface area contributed by atoms with E-state index >= 15 is 0 Å². The molecule has 0 aliphatic carbocycles. The van der Waals surface area contributed by atoms with Crippen molar-refractivity contribution in [3.05, 3.63) is 47.9 Å². The molecule has 92 valence electrons. The Morgan fingerprint density at radius 1 is 1.28 bits per heavy atom. The number of rotatable bonds is 2. The molecule has 0 saturated heterocycles. The third-order valence-electron chi connectivity index (χ3n) is 3.31. The lowest BCUT2D eigenvalue weighted by atomic mass is 10.1. The molecular formula is C14H15N3O. The van der Waals surface area contributed by atoms with Crippen LogP contribution in [-0.4, -0.2) is 21.1 Å². The standard InChI is InChI=1S/C14H15N3O/c1-10-6-11-4-2-3-5-13(11)17(10)14-8-15-12(9-18)7-16-14/h2-5,7-8,10,18H,6,9H2,1H3. The maximum Gasteiger partial charge on any atom is 0.151 e. The molecule has 1 unspecified atom stereocenters. The van der Waals surface area contributed by atoms with Crippen LogP contribution in [0.15, 0.2) is 36.7 Å². The summed E-state index contributed by atoms with van der Waals surface area (Å²) in [7, 11) is 0. The van der Waals surface area contributed by atoms with E-state index in [-0.39, 0.29) is 6.61 Å². The van der Waals surface area contributed by atoms with Crippen LogP contribution in [0.25, 0.3) is 0 Å². The van der Waals surface area contributed by atoms with Gasteiger partial charge in [-0.15, -0.1) is 0 Å². The number of benzene rings is 1. The highest BCUT2D eigenvalue weighted by molar-refractivity contribution is 5.68. The predicted molar refractivity (Wildman–Crippen MR) is 69.7 cm³/mol. The Hall–Kier alpha value is -1.94. The lowest BCUT2D eigenvalue weighted by Crippen LogP contribution is -2.25. The number of hydrogen-bond donors (Lipinski definition) is 1. The van der Waals surface area contributed by atoms with E-state index in [1.54, 1.807) is 12.4 Å². The highest BCUT2D eigenvalue weighted by Gasteiger charge is 2.27. The van der Waals surface area contributed by atoms with Crippen molar-refractivity contribution in [2.75, 3.05) is 4.90 Å². The van der Waals surface area contributed by atoms with E-state index in [0.29, 0.717) is 11.7 Å². The molecule has 4 nitrogen and oxygen atoms in total. The van der Waals surface area contributed by atoms with Crippen molar-refractivity contribution < 1.29 is 5.11 Å². The second-order valence-electron chi connectivity index (χ2n) is 4.58. The molecule has 1 N–H and O–H groups in total. The molecule has 0 fully saturated rings. The van der Waals surface area contributed by atoms with Gasteiger partial charge < -0.3 is 10.0 Å². The molecule has 0 radical (unpaired) electrons. The van der Waals surface area contributed by atoms with Gasteiger partial charge in [0.2, 0.25) is 0 Å². The molecule has 1 atom stereocenters. The molecule has 0 spiro atoms. The van der Waals surface area contributed by atoms with E-state index in [2.05, 4.69) is 40.0 Å². The Kier molecular flexibility index (Phi) is 2.72. The van der Waals surface area contributed by atoms with Crippen molar-refractivity contribution in [1.82, 2.24) is 9.97 Å². The van der Waals surface area contributed by atoms with E-state index in [4.69, 9.17) is 5.11 Å². The molecule has 0 saturated carbocycles. The Balaban J connectivity index is 2.00. The first-order valence-corrected chi connectivity index (χ1v) is 6.08. The third-order valence-corrected chi connectivity index (χ3v) is 3.31. The molecule has 4 heteroatoms. The maximum atomic E-state index is 8.99. The van der Waals surface area contributed by atoms with Crippen LogP contribution in [0.1, 0.15) is 18.2 Å². The predicted octanol–water partition coefficient (Wildman–Crippen LogP) is 2.05. The molecule has 2 aromatic rings. The van der Waals surface area contributed by atoms with Gasteiger partial charge in [0.15, 0.2) is 5.82 Å². The van der Waals surface area contributed by atoms with Gasteiger partial charge in [0, 0.05) is 11.7 Å². The highest BCUT2D eigenvalue weighted by Crippen LogP contribution is 2.36. The van der Waals surface area contributed by atoms with Gasteiger partial charge in [-0.05, 0) is 25.0 Å². The van der Waals surface area contributed by atoms with Crippen LogP contribution < -0.4 is 4.90 Å². The van der Waals surface area contributed by atoms with Crippen LogP contribution in [0.5, 0.6) is 0 Å². The fourth-order valence-corrected chi connectivity index (χ4v) is 2.47. The summed E-state index contributed by atoms with van der Waals surface area (Å²) in [6.45, 7) is 2.11. The van der Waals surface area contributed by atoms with E-state index in [1.807, 2.05) is 6.07 Å². The lowest BCUT2D eigenvalue weighted by Gasteiger charge is -2.23. The van der Waals surface area contributed by atoms with Crippen molar-refractivity contribution in [1.29, 1.82) is 0 Å². The summed E-state index contributed by atoms with van der Waals surface area (Å²) in [5.74, 6) is 0.838. The van der Waals surface area contributed by atoms with Gasteiger partial charge in [-0.1, -0.05) is 18.2 Å². The summed E-state index contributed by atoms with van der Waals surface area (Å²) >= 11 is 0. The molecule has 1 aliphatic rings. The third kappa shape index (κ3) is 1.75. The second-order valence-corrected chi connectivity index (χ2v) is 4.58. The summed E-state index contributed by atoms with van der Waals surface area (Å²) in [5, 5.41) is 8.99. The quantitative estimate of drug-likeness (QED) is 0.874. The van der Waals surface area contributed by atoms with Crippen LogP contribution in [-0.2, 0) is 13.0 Å². The number of para-hydroxylation sites is 1. The molecule has 18 heavy (non-hydrogen) atoms. The monoisotopic (exact) mass is 241 g/mol. The van der Waals surface area contributed by atoms with Gasteiger partial charge in [-0.25, -0.2) is 4.98 Å². The Bertz CT molecular complexity index is 553. The van der Waals surface area contributed by atoms with E-state index in [1.165, 1.54) is 11.3 Å². The molecule has 0 bridgehead atoms. The molecule has 3 rings (SSSR count). The first kappa shape index (κ1) is 11.2. The van der Waals surface area contributed by atoms with Gasteiger partial charge in [-0.3, -0.25) is 4.98 Å². The number of hydrogen-bond acceptors (Lipinski definition) is 4. The topological polar surface area (TPSA) is 49.2 Å². The number of aliphatic hydroxyl groups is 1. The smallest absolute Gasteiger partial charge is 0.151 e. The van der Waals surface area contributed by atoms with Crippen LogP contribution in [0.3, 0.4) is 0 Å². The summed E-state index contributed by atoms with van der Waals surface area (Å²) in [6.07, 6.45) is 4.38. The average Bonchev–Trinajstić information content (AvgIpc) is 2.75. The molecular weight excluding hydrogens is 226 g/mol. The number of aliphatic hydroxyl groups excluding tert-OH is 1. The molecule has 1 aromatic carbocycles. The van der Waals surface area contributed by atoms with E-state index < -0.39 is 0 Å². The van der Waals surface area contributed by atoms with Crippen LogP contribution >= 0.6 is 0 Å². The summed E-state index contributed by atoms with van der Waals surface area (Å²) in [5.41, 5.74) is 3.15. The van der Waals surface area contributed by atoms with Crippen LogP contribution in [0, 0.1) is 0 Å². The minimum Gasteiger partial charge on any atom is -0.390 e. The zero-order valence-corrected chi connectivity index (χ0v) is 10.2. The molecule has 1 aliphatic heterocycles. The Labute approximate surface area is 106 Å². The van der Waals surface area contributed by atoms with E-state index in [0.717, 1.165) is 12.2 Å². The largest absolute Gasteiger partial charge is 0.390 e. The zero-order chi connectivity index (χ0) is 12.5. The van der Waals surface area contributed by atoms with Crippen LogP contribution in [0.4, 0.5) is 11.5 Å². The maximum absolute atomic E-state index is 8.99. The molecule has 0 amide bonds. The Morgan fingerprint density at radius 2 is 2.11 bits per heavy atom. The normalized spacial score (nSPS) is 17.9. The SMILES string of the molecule is CC1Cc2ccccc2N1c1cnc(CO)cn1. The number of nitrogens with zero attached hydrogens (tertiary/aromatic N) is 3. The van der Waals surface area contributed by atoms with E-state index in [9.17, 15) is 0 Å². The van der Waals surface area contributed by atoms with Gasteiger partial charge in [0.25, 0.3) is 0 Å². The second kappa shape index (κ2) is 4.38. The zero-order valence-electron chi connectivity index (χ0n) is 10.2. The van der Waals surface area contributed by atoms with Crippen molar-refractivity contribution in [3.63, 3.8) is 0 Å². The van der Waals surface area contributed by atoms with Crippen molar-refractivity contribution in [2.24, 2.45) is 0 Å².